The number of fused-ring (bicyclic) bond motifs is 1. The van der Waals surface area contributed by atoms with Crippen molar-refractivity contribution >= 4 is 22.6 Å². The minimum atomic E-state index is -0.456. The molecule has 1 amide bonds. The van der Waals surface area contributed by atoms with E-state index in [1.807, 2.05) is 73.8 Å². The molecule has 0 N–H and O–H groups in total. The summed E-state index contributed by atoms with van der Waals surface area (Å²) in [5, 5.41) is 1.62. The minimum absolute atomic E-state index is 0.0198. The highest BCUT2D eigenvalue weighted by molar-refractivity contribution is 6.00. The van der Waals surface area contributed by atoms with Gasteiger partial charge in [-0.3, -0.25) is 4.79 Å². The zero-order valence-electron chi connectivity index (χ0n) is 19.4. The molecule has 5 nitrogen and oxygen atoms in total. The third kappa shape index (κ3) is 5.44. The lowest BCUT2D eigenvalue weighted by Crippen LogP contribution is -2.30. The molecular formula is C29H27NO4. The Bertz CT molecular complexity index is 1290. The normalized spacial score (nSPS) is 10.6. The maximum absolute atomic E-state index is 13.1. The second-order valence-electron chi connectivity index (χ2n) is 8.12. The molecule has 0 unspecified atom stereocenters. The van der Waals surface area contributed by atoms with E-state index in [1.54, 1.807) is 17.0 Å². The van der Waals surface area contributed by atoms with Crippen LogP contribution in [0.25, 0.3) is 10.8 Å². The summed E-state index contributed by atoms with van der Waals surface area (Å²) in [6, 6.07) is 28.7. The maximum atomic E-state index is 13.1. The highest BCUT2D eigenvalue weighted by atomic mass is 16.5. The van der Waals surface area contributed by atoms with Gasteiger partial charge < -0.3 is 14.4 Å². The molecule has 0 aliphatic heterocycles. The monoisotopic (exact) mass is 453 g/mol. The topological polar surface area (TPSA) is 55.8 Å². The van der Waals surface area contributed by atoms with Gasteiger partial charge in [-0.15, -0.1) is 0 Å². The molecule has 0 bridgehead atoms. The van der Waals surface area contributed by atoms with Gasteiger partial charge in [-0.05, 0) is 53.3 Å². The maximum Gasteiger partial charge on any atom is 0.337 e. The van der Waals surface area contributed by atoms with Gasteiger partial charge in [-0.2, -0.15) is 0 Å². The molecule has 0 fully saturated rings. The summed E-state index contributed by atoms with van der Waals surface area (Å²) in [6.07, 6.45) is 0.947. The lowest BCUT2D eigenvalue weighted by molar-refractivity contribution is -0.129. The fraction of sp³-hybridized carbons (Fsp3) is 0.172. The molecule has 4 aromatic carbocycles. The fourth-order valence-electron chi connectivity index (χ4n) is 3.89. The molecule has 0 saturated carbocycles. The Balaban J connectivity index is 1.63. The van der Waals surface area contributed by atoms with Crippen LogP contribution in [-0.2, 0) is 22.4 Å². The molecule has 34 heavy (non-hydrogen) atoms. The van der Waals surface area contributed by atoms with Crippen molar-refractivity contribution in [3.8, 4) is 11.5 Å². The highest BCUT2D eigenvalue weighted by Gasteiger charge is 2.17. The van der Waals surface area contributed by atoms with Crippen LogP contribution >= 0.6 is 0 Å². The van der Waals surface area contributed by atoms with Gasteiger partial charge in [0.05, 0.1) is 19.1 Å². The first-order valence-corrected chi connectivity index (χ1v) is 11.2. The molecule has 0 radical (unpaired) electrons. The summed E-state index contributed by atoms with van der Waals surface area (Å²) in [6.45, 7) is 0.611. The molecule has 4 rings (SSSR count). The molecule has 0 spiro atoms. The zero-order chi connectivity index (χ0) is 23.9. The number of rotatable bonds is 8. The number of para-hydroxylation sites is 1. The Hall–Kier alpha value is -4.12. The summed E-state index contributed by atoms with van der Waals surface area (Å²) in [7, 11) is 3.16. The number of hydrogen-bond acceptors (Lipinski definition) is 4. The van der Waals surface area contributed by atoms with E-state index in [0.717, 1.165) is 22.8 Å². The Morgan fingerprint density at radius 3 is 2.24 bits per heavy atom. The number of carbonyl (C=O) groups is 2. The molecule has 0 atom stereocenters. The lowest BCUT2D eigenvalue weighted by Gasteiger charge is -2.19. The molecule has 0 aliphatic carbocycles. The predicted octanol–water partition coefficient (Wildman–Crippen LogP) is 5.66. The van der Waals surface area contributed by atoms with E-state index in [2.05, 4.69) is 12.1 Å². The van der Waals surface area contributed by atoms with Crippen LogP contribution in [0.2, 0.25) is 0 Å². The van der Waals surface area contributed by atoms with Gasteiger partial charge in [0.2, 0.25) is 5.91 Å². The molecule has 0 aromatic heterocycles. The van der Waals surface area contributed by atoms with Gasteiger partial charge >= 0.3 is 5.97 Å². The van der Waals surface area contributed by atoms with Crippen LogP contribution in [0, 0.1) is 0 Å². The molecule has 5 heteroatoms. The van der Waals surface area contributed by atoms with E-state index >= 15 is 0 Å². The van der Waals surface area contributed by atoms with Gasteiger partial charge in [-0.1, -0.05) is 60.7 Å². The van der Waals surface area contributed by atoms with Crippen molar-refractivity contribution < 1.29 is 19.1 Å². The summed E-state index contributed by atoms with van der Waals surface area (Å²) in [5.74, 6) is 0.827. The summed E-state index contributed by atoms with van der Waals surface area (Å²) in [5.41, 5.74) is 2.32. The number of ether oxygens (including phenoxy) is 2. The van der Waals surface area contributed by atoms with Gasteiger partial charge in [-0.25, -0.2) is 4.79 Å². The molecule has 172 valence electrons. The molecule has 0 saturated heterocycles. The van der Waals surface area contributed by atoms with E-state index in [9.17, 15) is 9.59 Å². The quantitative estimate of drug-likeness (QED) is 0.323. The first-order valence-electron chi connectivity index (χ1n) is 11.2. The zero-order valence-corrected chi connectivity index (χ0v) is 19.4. The number of carbonyl (C=O) groups excluding carboxylic acids is 2. The Labute approximate surface area is 199 Å². The number of hydrogen-bond donors (Lipinski definition) is 0. The van der Waals surface area contributed by atoms with Crippen LogP contribution in [0.5, 0.6) is 11.5 Å². The smallest absolute Gasteiger partial charge is 0.337 e. The third-order valence-corrected chi connectivity index (χ3v) is 5.78. The average molecular weight is 454 g/mol. The number of benzene rings is 4. The SMILES string of the molecule is COC(=O)c1cc(CC(=O)N(C)CCc2ccccc2)c2cccc(Oc3ccccc3)c2c1. The molecule has 4 aromatic rings. The van der Waals surface area contributed by atoms with Crippen molar-refractivity contribution in [2.75, 3.05) is 20.7 Å². The van der Waals surface area contributed by atoms with Crippen LogP contribution in [0.3, 0.4) is 0 Å². The highest BCUT2D eigenvalue weighted by Crippen LogP contribution is 2.33. The van der Waals surface area contributed by atoms with Crippen LogP contribution in [0.15, 0.2) is 91.0 Å². The Kier molecular flexibility index (Phi) is 7.23. The van der Waals surface area contributed by atoms with Gasteiger partial charge in [0.1, 0.15) is 11.5 Å². The third-order valence-electron chi connectivity index (χ3n) is 5.78. The van der Waals surface area contributed by atoms with E-state index in [-0.39, 0.29) is 12.3 Å². The summed E-state index contributed by atoms with van der Waals surface area (Å²) >= 11 is 0. The van der Waals surface area contributed by atoms with Crippen molar-refractivity contribution in [1.29, 1.82) is 0 Å². The number of likely N-dealkylation sites (N-methyl/N-ethyl adjacent to an activating group) is 1. The fourth-order valence-corrected chi connectivity index (χ4v) is 3.89. The standard InChI is InChI=1S/C29H27NO4/c1-30(17-16-21-10-5-3-6-11-21)28(31)20-22-18-23(29(32)33-2)19-26-25(22)14-9-15-27(26)34-24-12-7-4-8-13-24/h3-15,18-19H,16-17,20H2,1-2H3. The Morgan fingerprint density at radius 1 is 0.824 bits per heavy atom. The van der Waals surface area contributed by atoms with Crippen LogP contribution in [-0.4, -0.2) is 37.5 Å². The van der Waals surface area contributed by atoms with E-state index in [4.69, 9.17) is 9.47 Å². The van der Waals surface area contributed by atoms with E-state index in [1.165, 1.54) is 12.7 Å². The van der Waals surface area contributed by atoms with Crippen molar-refractivity contribution in [3.63, 3.8) is 0 Å². The number of esters is 1. The van der Waals surface area contributed by atoms with E-state index in [0.29, 0.717) is 23.6 Å². The van der Waals surface area contributed by atoms with Crippen LogP contribution < -0.4 is 4.74 Å². The first-order chi connectivity index (χ1) is 16.5. The number of nitrogens with zero attached hydrogens (tertiary/aromatic N) is 1. The summed E-state index contributed by atoms with van der Waals surface area (Å²) in [4.78, 5) is 27.2. The van der Waals surface area contributed by atoms with Crippen LogP contribution in [0.4, 0.5) is 0 Å². The van der Waals surface area contributed by atoms with Gasteiger partial charge in [0, 0.05) is 19.0 Å². The summed E-state index contributed by atoms with van der Waals surface area (Å²) < 4.78 is 11.1. The average Bonchev–Trinajstić information content (AvgIpc) is 2.88. The first kappa shape index (κ1) is 23.1. The van der Waals surface area contributed by atoms with Gasteiger partial charge in [0.15, 0.2) is 0 Å². The van der Waals surface area contributed by atoms with E-state index < -0.39 is 5.97 Å². The van der Waals surface area contributed by atoms with Crippen molar-refractivity contribution in [3.05, 3.63) is 108 Å². The van der Waals surface area contributed by atoms with Crippen molar-refractivity contribution in [2.24, 2.45) is 0 Å². The lowest BCUT2D eigenvalue weighted by atomic mass is 9.97. The number of methoxy groups -OCH3 is 1. The Morgan fingerprint density at radius 2 is 1.53 bits per heavy atom. The molecule has 0 aliphatic rings. The molecular weight excluding hydrogens is 426 g/mol. The predicted molar refractivity (Wildman–Crippen MR) is 133 cm³/mol. The van der Waals surface area contributed by atoms with Crippen LogP contribution in [0.1, 0.15) is 21.5 Å². The van der Waals surface area contributed by atoms with Crippen molar-refractivity contribution in [2.45, 2.75) is 12.8 Å². The largest absolute Gasteiger partial charge is 0.465 e. The second-order valence-corrected chi connectivity index (χ2v) is 8.12. The number of amides is 1. The van der Waals surface area contributed by atoms with Crippen molar-refractivity contribution in [1.82, 2.24) is 4.90 Å². The minimum Gasteiger partial charge on any atom is -0.465 e. The van der Waals surface area contributed by atoms with Gasteiger partial charge in [0.25, 0.3) is 0 Å². The second kappa shape index (κ2) is 10.7. The molecule has 0 heterocycles.